The normalized spacial score (nSPS) is 12.3. The van der Waals surface area contributed by atoms with Gasteiger partial charge >= 0.3 is 0 Å². The van der Waals surface area contributed by atoms with Crippen molar-refractivity contribution in [1.29, 1.82) is 0 Å². The van der Waals surface area contributed by atoms with Crippen LogP contribution in [0.5, 0.6) is 5.75 Å². The molecule has 8 nitrogen and oxygen atoms in total. The highest BCUT2D eigenvalue weighted by Crippen LogP contribution is 2.31. The number of carbonyl (C=O) groups excluding carboxylic acids is 1. The topological polar surface area (TPSA) is 106 Å². The van der Waals surface area contributed by atoms with Crippen LogP contribution in [-0.4, -0.2) is 33.0 Å². The molecule has 0 aliphatic rings. The molecule has 0 bridgehead atoms. The molecule has 1 aromatic rings. The fourth-order valence-electron chi connectivity index (χ4n) is 1.98. The molecular formula is C15H19Cl3N4O4S. The van der Waals surface area contributed by atoms with E-state index >= 15 is 0 Å². The molecule has 1 atom stereocenters. The molecule has 0 radical (unpaired) electrons. The van der Waals surface area contributed by atoms with Crippen molar-refractivity contribution in [3.8, 4) is 5.75 Å². The van der Waals surface area contributed by atoms with E-state index in [2.05, 4.69) is 16.0 Å². The summed E-state index contributed by atoms with van der Waals surface area (Å²) in [5, 5.41) is 19.0. The number of anilines is 1. The predicted molar refractivity (Wildman–Crippen MR) is 111 cm³/mol. The largest absolute Gasteiger partial charge is 0.496 e. The zero-order chi connectivity index (χ0) is 20.8. The van der Waals surface area contributed by atoms with Crippen molar-refractivity contribution in [2.45, 2.75) is 30.2 Å². The molecule has 0 saturated heterocycles. The minimum Gasteiger partial charge on any atom is -0.496 e. The highest BCUT2D eigenvalue weighted by atomic mass is 35.6. The van der Waals surface area contributed by atoms with E-state index in [9.17, 15) is 14.9 Å². The van der Waals surface area contributed by atoms with E-state index in [0.29, 0.717) is 5.75 Å². The van der Waals surface area contributed by atoms with Gasteiger partial charge in [-0.2, -0.15) is 0 Å². The first-order chi connectivity index (χ1) is 12.4. The highest BCUT2D eigenvalue weighted by molar-refractivity contribution is 7.80. The lowest BCUT2D eigenvalue weighted by Crippen LogP contribution is -2.56. The Morgan fingerprint density at radius 3 is 2.44 bits per heavy atom. The summed E-state index contributed by atoms with van der Waals surface area (Å²) in [6.07, 6.45) is -0.922. The number of amides is 1. The second kappa shape index (κ2) is 10.1. The Kier molecular flexibility index (Phi) is 8.80. The number of halogens is 3. The van der Waals surface area contributed by atoms with Crippen LogP contribution in [0, 0.1) is 16.0 Å². The molecule has 1 amide bonds. The molecule has 27 heavy (non-hydrogen) atoms. The Labute approximate surface area is 177 Å². The first-order valence-corrected chi connectivity index (χ1v) is 9.24. The number of rotatable bonds is 7. The summed E-state index contributed by atoms with van der Waals surface area (Å²) in [6, 6.07) is 4.18. The van der Waals surface area contributed by atoms with Crippen LogP contribution in [0.1, 0.15) is 20.3 Å². The van der Waals surface area contributed by atoms with E-state index in [1.807, 2.05) is 13.8 Å². The minimum absolute atomic E-state index is 0.0792. The van der Waals surface area contributed by atoms with Gasteiger partial charge in [-0.25, -0.2) is 0 Å². The van der Waals surface area contributed by atoms with Crippen molar-refractivity contribution in [1.82, 2.24) is 10.6 Å². The fraction of sp³-hybridized carbons (Fsp3) is 0.467. The first-order valence-electron chi connectivity index (χ1n) is 7.70. The van der Waals surface area contributed by atoms with Crippen LogP contribution in [0.3, 0.4) is 0 Å². The van der Waals surface area contributed by atoms with Crippen LogP contribution >= 0.6 is 47.0 Å². The van der Waals surface area contributed by atoms with Gasteiger partial charge in [0, 0.05) is 6.42 Å². The maximum atomic E-state index is 12.0. The van der Waals surface area contributed by atoms with Gasteiger partial charge in [0.25, 0.3) is 5.69 Å². The molecule has 0 aliphatic carbocycles. The Morgan fingerprint density at radius 2 is 1.96 bits per heavy atom. The maximum Gasteiger partial charge on any atom is 0.296 e. The van der Waals surface area contributed by atoms with Crippen molar-refractivity contribution in [3.63, 3.8) is 0 Å². The van der Waals surface area contributed by atoms with E-state index in [1.54, 1.807) is 0 Å². The van der Waals surface area contributed by atoms with E-state index in [4.69, 9.17) is 51.8 Å². The van der Waals surface area contributed by atoms with Crippen LogP contribution in [0.15, 0.2) is 18.2 Å². The van der Waals surface area contributed by atoms with Gasteiger partial charge in [-0.15, -0.1) is 0 Å². The number of methoxy groups -OCH3 is 1. The maximum absolute atomic E-state index is 12.0. The second-order valence-electron chi connectivity index (χ2n) is 5.88. The van der Waals surface area contributed by atoms with E-state index in [0.717, 1.165) is 0 Å². The lowest BCUT2D eigenvalue weighted by molar-refractivity contribution is -0.384. The summed E-state index contributed by atoms with van der Waals surface area (Å²) in [5.74, 6) is 0.0753. The number of alkyl halides is 3. The number of ether oxygens (including phenoxy) is 1. The van der Waals surface area contributed by atoms with Gasteiger partial charge < -0.3 is 20.7 Å². The van der Waals surface area contributed by atoms with Crippen molar-refractivity contribution >= 4 is 69.4 Å². The molecule has 0 aliphatic heterocycles. The number of hydrogen-bond acceptors (Lipinski definition) is 5. The molecule has 1 aromatic carbocycles. The van der Waals surface area contributed by atoms with Gasteiger partial charge in [0.05, 0.1) is 18.1 Å². The average molecular weight is 458 g/mol. The summed E-state index contributed by atoms with van der Waals surface area (Å²) < 4.78 is 3.06. The van der Waals surface area contributed by atoms with Crippen molar-refractivity contribution < 1.29 is 14.5 Å². The number of nitrogens with one attached hydrogen (secondary N) is 3. The van der Waals surface area contributed by atoms with Gasteiger partial charge in [-0.05, 0) is 30.3 Å². The Hall–Kier alpha value is -1.55. The summed E-state index contributed by atoms with van der Waals surface area (Å²) in [5.41, 5.74) is -0.150. The van der Waals surface area contributed by atoms with Crippen LogP contribution in [0.25, 0.3) is 0 Å². The SMILES string of the molecule is COc1ccc(NC(=S)N[C@H](NC(=O)CC(C)C)C(Cl)(Cl)Cl)c([N+](=O)[O-])c1. The smallest absolute Gasteiger partial charge is 0.296 e. The molecule has 150 valence electrons. The van der Waals surface area contributed by atoms with Gasteiger partial charge in [0.15, 0.2) is 5.11 Å². The molecule has 3 N–H and O–H groups in total. The van der Waals surface area contributed by atoms with Crippen LogP contribution in [0.4, 0.5) is 11.4 Å². The molecule has 0 heterocycles. The minimum atomic E-state index is -1.91. The Morgan fingerprint density at radius 1 is 1.33 bits per heavy atom. The van der Waals surface area contributed by atoms with Gasteiger partial charge in [-0.3, -0.25) is 14.9 Å². The van der Waals surface area contributed by atoms with Gasteiger partial charge in [0.1, 0.15) is 17.6 Å². The number of nitro benzene ring substituents is 1. The fourth-order valence-corrected chi connectivity index (χ4v) is 2.53. The zero-order valence-corrected chi connectivity index (χ0v) is 17.8. The van der Waals surface area contributed by atoms with E-state index < -0.39 is 14.9 Å². The number of thiocarbonyl (C=S) groups is 1. The van der Waals surface area contributed by atoms with Crippen molar-refractivity contribution in [2.24, 2.45) is 5.92 Å². The van der Waals surface area contributed by atoms with E-state index in [1.165, 1.54) is 25.3 Å². The number of benzene rings is 1. The predicted octanol–water partition coefficient (Wildman–Crippen LogP) is 3.75. The third kappa shape index (κ3) is 7.92. The molecule has 0 spiro atoms. The first kappa shape index (κ1) is 23.5. The van der Waals surface area contributed by atoms with Crippen molar-refractivity contribution in [2.75, 3.05) is 12.4 Å². The zero-order valence-electron chi connectivity index (χ0n) is 14.7. The third-order valence-corrected chi connectivity index (χ3v) is 4.03. The monoisotopic (exact) mass is 456 g/mol. The number of nitrogens with zero attached hydrogens (tertiary/aromatic N) is 1. The highest BCUT2D eigenvalue weighted by Gasteiger charge is 2.35. The molecule has 1 rings (SSSR count). The molecule has 0 saturated carbocycles. The Balaban J connectivity index is 2.91. The quantitative estimate of drug-likeness (QED) is 0.188. The standard InChI is InChI=1S/C15H19Cl3N4O4S/c1-8(2)6-12(23)20-13(15(16,17)18)21-14(27)19-10-5-4-9(26-3)7-11(10)22(24)25/h4-5,7-8,13H,6H2,1-3H3,(H,20,23)(H2,19,21,27)/t13-/m0/s1. The van der Waals surface area contributed by atoms with Crippen molar-refractivity contribution in [3.05, 3.63) is 28.3 Å². The van der Waals surface area contributed by atoms with Crippen LogP contribution in [0.2, 0.25) is 0 Å². The van der Waals surface area contributed by atoms with Gasteiger partial charge in [-0.1, -0.05) is 48.7 Å². The van der Waals surface area contributed by atoms with E-state index in [-0.39, 0.29) is 34.7 Å². The molecule has 0 fully saturated rings. The molecule has 12 heteroatoms. The van der Waals surface area contributed by atoms with Crippen LogP contribution < -0.4 is 20.7 Å². The molecule has 0 unspecified atom stereocenters. The number of nitro groups is 1. The number of hydrogen-bond donors (Lipinski definition) is 3. The number of carbonyl (C=O) groups is 1. The summed E-state index contributed by atoms with van der Waals surface area (Å²) in [6.45, 7) is 3.73. The summed E-state index contributed by atoms with van der Waals surface area (Å²) >= 11 is 22.8. The van der Waals surface area contributed by atoms with Gasteiger partial charge in [0.2, 0.25) is 9.70 Å². The third-order valence-electron chi connectivity index (χ3n) is 3.15. The van der Waals surface area contributed by atoms with Crippen LogP contribution in [-0.2, 0) is 4.79 Å². The molecule has 0 aromatic heterocycles. The Bertz CT molecular complexity index is 713. The summed E-state index contributed by atoms with van der Waals surface area (Å²) in [4.78, 5) is 22.6. The second-order valence-corrected chi connectivity index (χ2v) is 8.66. The average Bonchev–Trinajstić information content (AvgIpc) is 2.52. The lowest BCUT2D eigenvalue weighted by Gasteiger charge is -2.28. The summed E-state index contributed by atoms with van der Waals surface area (Å²) in [7, 11) is 1.39. The lowest BCUT2D eigenvalue weighted by atomic mass is 10.1. The molecular weight excluding hydrogens is 439 g/mol.